The molecule has 4 unspecified atom stereocenters. The molecule has 1 spiro atoms. The first-order chi connectivity index (χ1) is 11.2. The minimum atomic E-state index is -0.527. The molecule has 4 atom stereocenters. The fraction of sp³-hybridized carbons (Fsp3) is 0.444. The smallest absolute Gasteiger partial charge is 0.231 e. The van der Waals surface area contributed by atoms with Gasteiger partial charge in [-0.3, -0.25) is 0 Å². The van der Waals surface area contributed by atoms with Crippen LogP contribution in [0.2, 0.25) is 0 Å². The van der Waals surface area contributed by atoms with Gasteiger partial charge in [-0.25, -0.2) is 0 Å². The first-order valence-corrected chi connectivity index (χ1v) is 8.00. The van der Waals surface area contributed by atoms with Crippen LogP contribution in [0, 0.1) is 5.92 Å². The molecule has 5 rings (SSSR count). The largest absolute Gasteiger partial charge is 0.454 e. The summed E-state index contributed by atoms with van der Waals surface area (Å²) < 4.78 is 16.7. The van der Waals surface area contributed by atoms with Gasteiger partial charge in [0, 0.05) is 26.0 Å². The fourth-order valence-electron chi connectivity index (χ4n) is 4.50. The normalized spacial score (nSPS) is 35.9. The van der Waals surface area contributed by atoms with Crippen molar-refractivity contribution in [3.63, 3.8) is 0 Å². The van der Waals surface area contributed by atoms with E-state index in [1.807, 2.05) is 6.07 Å². The molecular weight excluding hydrogens is 294 g/mol. The third-order valence-corrected chi connectivity index (χ3v) is 5.63. The Balaban J connectivity index is 1.73. The van der Waals surface area contributed by atoms with Crippen LogP contribution in [0.1, 0.15) is 23.7 Å². The van der Waals surface area contributed by atoms with E-state index in [1.54, 1.807) is 7.11 Å². The van der Waals surface area contributed by atoms with Gasteiger partial charge in [-0.2, -0.15) is 0 Å². The van der Waals surface area contributed by atoms with Crippen LogP contribution in [0.25, 0.3) is 0 Å². The highest BCUT2D eigenvalue weighted by atomic mass is 16.7. The van der Waals surface area contributed by atoms with Gasteiger partial charge in [-0.05, 0) is 29.5 Å². The molecule has 1 N–H and O–H groups in total. The van der Waals surface area contributed by atoms with Gasteiger partial charge in [-0.15, -0.1) is 0 Å². The molecule has 0 fully saturated rings. The zero-order valence-corrected chi connectivity index (χ0v) is 12.9. The van der Waals surface area contributed by atoms with Crippen molar-refractivity contribution >= 4 is 0 Å². The number of methoxy groups -OCH3 is 1. The number of ether oxygens (including phenoxy) is 3. The Morgan fingerprint density at radius 1 is 1.22 bits per heavy atom. The predicted molar refractivity (Wildman–Crippen MR) is 83.1 cm³/mol. The summed E-state index contributed by atoms with van der Waals surface area (Å²) in [6.45, 7) is 0.831. The van der Waals surface area contributed by atoms with Crippen molar-refractivity contribution in [2.24, 2.45) is 5.92 Å². The topological polar surface area (TPSA) is 51.2 Å². The third kappa shape index (κ3) is 1.64. The van der Waals surface area contributed by atoms with Crippen LogP contribution in [-0.2, 0) is 10.3 Å². The lowest BCUT2D eigenvalue weighted by molar-refractivity contribution is -0.00290. The molecule has 0 saturated carbocycles. The fourth-order valence-corrected chi connectivity index (χ4v) is 4.50. The van der Waals surface area contributed by atoms with Gasteiger partial charge in [0.1, 0.15) is 0 Å². The second kappa shape index (κ2) is 4.52. The molecule has 5 heteroatoms. The van der Waals surface area contributed by atoms with Crippen molar-refractivity contribution in [2.45, 2.75) is 24.2 Å². The van der Waals surface area contributed by atoms with Crippen molar-refractivity contribution in [1.82, 2.24) is 4.90 Å². The van der Waals surface area contributed by atoms with Crippen molar-refractivity contribution in [1.29, 1.82) is 0 Å². The Hall–Kier alpha value is -1.98. The molecule has 0 amide bonds. The number of hydrogen-bond acceptors (Lipinski definition) is 5. The van der Waals surface area contributed by atoms with E-state index in [0.29, 0.717) is 6.54 Å². The first-order valence-electron chi connectivity index (χ1n) is 8.00. The van der Waals surface area contributed by atoms with Crippen LogP contribution in [0.3, 0.4) is 0 Å². The van der Waals surface area contributed by atoms with Crippen LogP contribution in [0.5, 0.6) is 11.5 Å². The Morgan fingerprint density at radius 2 is 2.04 bits per heavy atom. The van der Waals surface area contributed by atoms with Crippen LogP contribution >= 0.6 is 0 Å². The number of hydrogen-bond donors (Lipinski definition) is 1. The van der Waals surface area contributed by atoms with Gasteiger partial charge in [0.05, 0.1) is 17.7 Å². The van der Waals surface area contributed by atoms with Gasteiger partial charge in [0.2, 0.25) is 6.79 Å². The standard InChI is InChI=1S/C18H19NO4/c1-21-12-3-2-11-4-5-19-9-15(20)13-6-16-17(23-10-22-16)7-14(13)18(11,19)8-12/h2-7,11-12,15,20H,8-10H2,1H3. The number of nitrogens with zero attached hydrogens (tertiary/aromatic N) is 1. The molecule has 4 aliphatic rings. The Morgan fingerprint density at radius 3 is 2.87 bits per heavy atom. The summed E-state index contributed by atoms with van der Waals surface area (Å²) in [5, 5.41) is 10.6. The zero-order valence-electron chi connectivity index (χ0n) is 12.9. The summed E-state index contributed by atoms with van der Waals surface area (Å²) in [6.07, 6.45) is 9.10. The summed E-state index contributed by atoms with van der Waals surface area (Å²) in [5.41, 5.74) is 1.87. The van der Waals surface area contributed by atoms with E-state index >= 15 is 0 Å². The Labute approximate surface area is 134 Å². The van der Waals surface area contributed by atoms with Gasteiger partial charge >= 0.3 is 0 Å². The lowest BCUT2D eigenvalue weighted by atomic mass is 9.68. The number of rotatable bonds is 1. The highest BCUT2D eigenvalue weighted by molar-refractivity contribution is 5.55. The number of benzene rings is 1. The van der Waals surface area contributed by atoms with Crippen molar-refractivity contribution in [2.75, 3.05) is 20.4 Å². The highest BCUT2D eigenvalue weighted by Gasteiger charge is 2.53. The monoisotopic (exact) mass is 313 g/mol. The quantitative estimate of drug-likeness (QED) is 0.805. The molecule has 3 heterocycles. The number of aliphatic hydroxyl groups excluding tert-OH is 1. The van der Waals surface area contributed by atoms with Crippen LogP contribution in [0.15, 0.2) is 36.6 Å². The lowest BCUT2D eigenvalue weighted by Gasteiger charge is -2.51. The van der Waals surface area contributed by atoms with E-state index < -0.39 is 6.10 Å². The first kappa shape index (κ1) is 13.5. The van der Waals surface area contributed by atoms with Crippen molar-refractivity contribution < 1.29 is 19.3 Å². The predicted octanol–water partition coefficient (Wildman–Crippen LogP) is 2.08. The molecule has 120 valence electrons. The number of aliphatic hydroxyl groups is 1. The third-order valence-electron chi connectivity index (χ3n) is 5.63. The minimum Gasteiger partial charge on any atom is -0.454 e. The molecule has 0 aromatic heterocycles. The summed E-state index contributed by atoms with van der Waals surface area (Å²) >= 11 is 0. The van der Waals surface area contributed by atoms with Gasteiger partial charge in [-0.1, -0.05) is 18.2 Å². The molecule has 1 aromatic carbocycles. The Bertz CT molecular complexity index is 728. The number of fused-ring (bicyclic) bond motifs is 2. The maximum atomic E-state index is 10.6. The van der Waals surface area contributed by atoms with Crippen LogP contribution < -0.4 is 9.47 Å². The average Bonchev–Trinajstić information content (AvgIpc) is 3.17. The second-order valence-electron chi connectivity index (χ2n) is 6.62. The zero-order chi connectivity index (χ0) is 15.6. The maximum absolute atomic E-state index is 10.6. The van der Waals surface area contributed by atoms with E-state index in [9.17, 15) is 5.11 Å². The summed E-state index contributed by atoms with van der Waals surface area (Å²) in [5.74, 6) is 1.77. The van der Waals surface area contributed by atoms with Gasteiger partial charge < -0.3 is 24.2 Å². The van der Waals surface area contributed by atoms with E-state index in [4.69, 9.17) is 14.2 Å². The molecule has 0 saturated heterocycles. The minimum absolute atomic E-state index is 0.0714. The van der Waals surface area contributed by atoms with Gasteiger partial charge in [0.25, 0.3) is 0 Å². The summed E-state index contributed by atoms with van der Waals surface area (Å²) in [6, 6.07) is 4.00. The SMILES string of the molecule is COC1C=CC2C=CN3CC(O)c4cc5c(cc4C23C1)OCO5. The summed E-state index contributed by atoms with van der Waals surface area (Å²) in [4.78, 5) is 2.27. The van der Waals surface area contributed by atoms with Crippen molar-refractivity contribution in [3.05, 3.63) is 47.7 Å². The molecular formula is C18H19NO4. The molecule has 0 radical (unpaired) electrons. The summed E-state index contributed by atoms with van der Waals surface area (Å²) in [7, 11) is 1.75. The molecule has 1 aliphatic carbocycles. The molecule has 23 heavy (non-hydrogen) atoms. The van der Waals surface area contributed by atoms with E-state index in [2.05, 4.69) is 35.4 Å². The van der Waals surface area contributed by atoms with E-state index in [-0.39, 0.29) is 24.4 Å². The molecule has 5 nitrogen and oxygen atoms in total. The van der Waals surface area contributed by atoms with Crippen LogP contribution in [0.4, 0.5) is 0 Å². The molecule has 0 bridgehead atoms. The lowest BCUT2D eigenvalue weighted by Crippen LogP contribution is -2.53. The second-order valence-corrected chi connectivity index (χ2v) is 6.62. The molecule has 3 aliphatic heterocycles. The van der Waals surface area contributed by atoms with Gasteiger partial charge in [0.15, 0.2) is 11.5 Å². The van der Waals surface area contributed by atoms with E-state index in [0.717, 1.165) is 29.0 Å². The van der Waals surface area contributed by atoms with Crippen LogP contribution in [-0.4, -0.2) is 36.6 Å². The highest BCUT2D eigenvalue weighted by Crippen LogP contribution is 2.55. The molecule has 1 aromatic rings. The Kier molecular flexibility index (Phi) is 2.65. The van der Waals surface area contributed by atoms with E-state index in [1.165, 1.54) is 0 Å². The maximum Gasteiger partial charge on any atom is 0.231 e. The average molecular weight is 313 g/mol. The van der Waals surface area contributed by atoms with Crippen molar-refractivity contribution in [3.8, 4) is 11.5 Å².